The average molecular weight is 2200 g/mol. The number of hydrogen-bond donors (Lipinski definition) is 0. The molecule has 0 spiro atoms. The largest absolute Gasteiger partial charge is 1.00 e. The van der Waals surface area contributed by atoms with Crippen molar-refractivity contribution in [1.82, 2.24) is 0 Å². The zero-order valence-electron chi connectivity index (χ0n) is 57.9. The van der Waals surface area contributed by atoms with Gasteiger partial charge in [-0.2, -0.15) is 0 Å². The van der Waals surface area contributed by atoms with Crippen LogP contribution in [0.1, 0.15) is 103 Å². The number of ether oxygens (including phenoxy) is 1. The minimum atomic E-state index is -1.32. The fraction of sp³-hybridized carbons (Fsp3) is 0.382. The molecule has 11 aliphatic rings. The van der Waals surface area contributed by atoms with Crippen molar-refractivity contribution in [3.63, 3.8) is 0 Å². The van der Waals surface area contributed by atoms with Crippen LogP contribution < -0.4 is 51.4 Å². The molecule has 11 aliphatic heterocycles. The zero-order chi connectivity index (χ0) is 70.6. The number of halogens is 4. The van der Waals surface area contributed by atoms with Crippen molar-refractivity contribution in [2.45, 2.75) is 162 Å². The standard InChI is InChI=1S/C18H24S4Si2.C12H12S4.C12H8S4.2C8H6I2S4.C5H10Si.C4H8O.CH4.K.H2O/c1-13-15(9-8-11-23(3)4)21-17(19-13)18-20-14(2)16(22-18)10-12-24(5,6)7;1-5-6-10-9(4)15-12(16-10)11-13-7(2)8(3)14-11;1-5-9-7(3)13-11(15-9)12-14-8(4)10(6-2)16-12;2*1-3-5(9)13-7(11-3)8-12-4(2)6(10)14-8;1-5-6(2,3)4;1-2-4-5-3-1;;;/h23H,11H2,1-7H3;1-4H3;1-2H,3-4H3;2*1-2H3;1H,2-4H3;1-4H2;1H4;;1H2/q;;;;;;;;+1;/p-1/b18-17+;;12-11+;2*8-7+;;;;;. The Morgan fingerprint density at radius 2 is 0.622 bits per heavy atom. The van der Waals surface area contributed by atoms with Gasteiger partial charge in [0.25, 0.3) is 0 Å². The van der Waals surface area contributed by atoms with E-state index in [-0.39, 0.29) is 64.3 Å². The molecule has 0 radical (unpaired) electrons. The summed E-state index contributed by atoms with van der Waals surface area (Å²) in [5, 5.41) is 0. The maximum Gasteiger partial charge on any atom is 1.00 e. The van der Waals surface area contributed by atoms with Gasteiger partial charge in [0.1, 0.15) is 16.1 Å². The van der Waals surface area contributed by atoms with Crippen LogP contribution in [0.4, 0.5) is 0 Å². The van der Waals surface area contributed by atoms with Crippen LogP contribution in [-0.2, 0) is 4.74 Å². The van der Waals surface area contributed by atoms with Crippen molar-refractivity contribution in [3.8, 4) is 71.8 Å². The summed E-state index contributed by atoms with van der Waals surface area (Å²) < 4.78 is 24.7. The first kappa shape index (κ1) is 99.7. The second-order valence-electron chi connectivity index (χ2n) is 22.6. The van der Waals surface area contributed by atoms with Gasteiger partial charge in [-0.25, -0.2) is 0 Å². The fourth-order valence-electron chi connectivity index (χ4n) is 6.35. The van der Waals surface area contributed by atoms with Crippen LogP contribution in [0.15, 0.2) is 133 Å². The summed E-state index contributed by atoms with van der Waals surface area (Å²) in [6.07, 6.45) is 18.6. The molecule has 0 aromatic carbocycles. The minimum Gasteiger partial charge on any atom is -0.870 e. The van der Waals surface area contributed by atoms with Gasteiger partial charge in [0, 0.05) is 72.2 Å². The van der Waals surface area contributed by atoms with Crippen LogP contribution in [0.5, 0.6) is 0 Å². The van der Waals surface area contributed by atoms with Gasteiger partial charge in [-0.15, -0.1) is 42.2 Å². The summed E-state index contributed by atoms with van der Waals surface area (Å²) in [5.41, 5.74) is 6.24. The Balaban J connectivity index is 0.000000402. The average Bonchev–Trinajstić information content (AvgIpc) is 1.71. The predicted octanol–water partition coefficient (Wildman–Crippen LogP) is 29.7. The van der Waals surface area contributed by atoms with E-state index in [0.29, 0.717) is 0 Å². The summed E-state index contributed by atoms with van der Waals surface area (Å²) in [6.45, 7) is 45.8. The molecule has 0 atom stereocenters. The Hall–Kier alpha value is 5.59. The monoisotopic (exact) mass is 2200 g/mol. The maximum absolute atomic E-state index is 5.44. The van der Waals surface area contributed by atoms with Gasteiger partial charge in [0.2, 0.25) is 0 Å². The molecular formula is C68H79I4KO2S20Si3. The number of rotatable bonds is 1. The Morgan fingerprint density at radius 3 is 0.847 bits per heavy atom. The SMILES string of the molecule is C.C#CC1=C(C)S/C(=C2/SC(C)=C(C#C)S2)S1.C#C[Si](C)(C)C.C1CCOC1.CC#CC1=C(C)SC(=C2SC(C)=C(C)S2)S1.CC1=C(C#CC[SiH](C)C)S/C(=C2\SC(C)=C(C#C[Si](C)(C)C)S2)S1.CC1=C(I)S/C(=C2\SC(C)=C(I)S2)S1.CC1=C(I)S/C(=C2\SC(C)=C(I)S2)S1.[K+].[OH-]. The summed E-state index contributed by atoms with van der Waals surface area (Å²) >= 11 is 46.8. The second-order valence-corrected chi connectivity index (χ2v) is 67.8. The molecule has 1 saturated heterocycles. The number of allylic oxidation sites excluding steroid dienone is 16. The van der Waals surface area contributed by atoms with Crippen molar-refractivity contribution in [2.24, 2.45) is 0 Å². The Kier molecular flexibility index (Phi) is 50.8. The molecule has 0 aliphatic carbocycles. The quantitative estimate of drug-likeness (QED) is 0.142. The first-order chi connectivity index (χ1) is 44.6. The van der Waals surface area contributed by atoms with Gasteiger partial charge >= 0.3 is 51.4 Å². The van der Waals surface area contributed by atoms with E-state index < -0.39 is 24.9 Å². The molecule has 524 valence electrons. The van der Waals surface area contributed by atoms with E-state index in [2.05, 4.69) is 271 Å². The topological polar surface area (TPSA) is 39.2 Å². The van der Waals surface area contributed by atoms with Crippen LogP contribution in [0.2, 0.25) is 58.4 Å². The van der Waals surface area contributed by atoms with Crippen molar-refractivity contribution >= 4 is 351 Å². The number of terminal acetylenes is 3. The molecule has 0 aromatic heterocycles. The van der Waals surface area contributed by atoms with Gasteiger partial charge in [0.15, 0.2) is 0 Å². The van der Waals surface area contributed by atoms with E-state index in [1.165, 1.54) is 136 Å². The molecule has 0 unspecified atom stereocenters. The summed E-state index contributed by atoms with van der Waals surface area (Å²) in [4.78, 5) is 20.9. The predicted molar refractivity (Wildman–Crippen MR) is 530 cm³/mol. The Bertz CT molecular complexity index is 3640. The van der Waals surface area contributed by atoms with Crippen molar-refractivity contribution in [2.75, 3.05) is 13.2 Å². The van der Waals surface area contributed by atoms with Crippen LogP contribution in [0.3, 0.4) is 0 Å². The van der Waals surface area contributed by atoms with Gasteiger partial charge in [0.05, 0.1) is 78.5 Å². The van der Waals surface area contributed by atoms with E-state index in [1.807, 2.05) is 195 Å². The molecule has 11 heterocycles. The minimum absolute atomic E-state index is 0. The van der Waals surface area contributed by atoms with Gasteiger partial charge in [-0.3, -0.25) is 0 Å². The Labute approximate surface area is 777 Å². The third kappa shape index (κ3) is 34.5. The van der Waals surface area contributed by atoms with E-state index >= 15 is 0 Å². The third-order valence-electron chi connectivity index (χ3n) is 11.5. The van der Waals surface area contributed by atoms with Crippen LogP contribution in [0.25, 0.3) is 0 Å². The van der Waals surface area contributed by atoms with Crippen molar-refractivity contribution < 1.29 is 61.6 Å². The summed E-state index contributed by atoms with van der Waals surface area (Å²) in [7, 11) is -3.00. The summed E-state index contributed by atoms with van der Waals surface area (Å²) in [6, 6.07) is 1.11. The van der Waals surface area contributed by atoms with E-state index in [4.69, 9.17) is 24.0 Å². The molecular weight excluding hydrogens is 2120 g/mol. The smallest absolute Gasteiger partial charge is 0.870 e. The first-order valence-electron chi connectivity index (χ1n) is 29.0. The summed E-state index contributed by atoms with van der Waals surface area (Å²) in [5.74, 6) is 21.8. The first-order valence-corrected chi connectivity index (χ1v) is 59.8. The number of hydrogen-bond acceptors (Lipinski definition) is 22. The maximum atomic E-state index is 5.44. The van der Waals surface area contributed by atoms with Crippen LogP contribution >= 0.6 is 326 Å². The molecule has 11 rings (SSSR count). The fourth-order valence-corrected chi connectivity index (χ4v) is 38.2. The zero-order valence-corrected chi connectivity index (χ0v) is 89.1. The second kappa shape index (κ2) is 49.9. The molecule has 98 heavy (non-hydrogen) atoms. The van der Waals surface area contributed by atoms with Gasteiger partial charge in [-0.05, 0) is 196 Å². The van der Waals surface area contributed by atoms with E-state index in [0.717, 1.165) is 29.1 Å². The van der Waals surface area contributed by atoms with Gasteiger partial charge < -0.3 is 10.2 Å². The van der Waals surface area contributed by atoms with Crippen molar-refractivity contribution in [3.05, 3.63) is 133 Å². The van der Waals surface area contributed by atoms with Crippen LogP contribution in [-0.4, -0.2) is 43.6 Å². The molecule has 0 aromatic rings. The Morgan fingerprint density at radius 1 is 0.378 bits per heavy atom. The molecule has 30 heteroatoms. The molecule has 1 N–H and O–H groups in total. The van der Waals surface area contributed by atoms with E-state index in [9.17, 15) is 0 Å². The third-order valence-corrected chi connectivity index (χ3v) is 49.1. The van der Waals surface area contributed by atoms with Crippen LogP contribution in [0, 0.1) is 71.8 Å². The molecule has 0 saturated carbocycles. The van der Waals surface area contributed by atoms with E-state index in [1.54, 1.807) is 47.0 Å². The molecule has 0 amide bonds. The molecule has 0 bridgehead atoms. The molecule has 1 fully saturated rings. The molecule has 2 nitrogen and oxygen atoms in total. The number of thioether (sulfide) groups is 20. The van der Waals surface area contributed by atoms with Gasteiger partial charge in [-0.1, -0.05) is 325 Å². The normalized spacial score (nSPS) is 22.6. The van der Waals surface area contributed by atoms with Crippen molar-refractivity contribution in [1.29, 1.82) is 0 Å².